The average Bonchev–Trinajstić information content (AvgIpc) is 2.89. The number of hydrogen-bond donors (Lipinski definition) is 1. The molecule has 2 aliphatic rings. The Morgan fingerprint density at radius 2 is 1.67 bits per heavy atom. The zero-order chi connectivity index (χ0) is 19.6. The number of nitrogens with zero attached hydrogens (tertiary/aromatic N) is 1. The normalized spacial score (nSPS) is 22.4. The van der Waals surface area contributed by atoms with Crippen LogP contribution in [-0.4, -0.2) is 41.2 Å². The average molecular weight is 370 g/mol. The number of allylic oxidation sites excluding steroid dienone is 2. The van der Waals surface area contributed by atoms with E-state index in [4.69, 9.17) is 4.74 Å². The van der Waals surface area contributed by atoms with Crippen molar-refractivity contribution >= 4 is 29.4 Å². The van der Waals surface area contributed by atoms with E-state index in [0.29, 0.717) is 18.5 Å². The van der Waals surface area contributed by atoms with Crippen molar-refractivity contribution in [3.05, 3.63) is 42.0 Å². The van der Waals surface area contributed by atoms with E-state index in [1.807, 2.05) is 31.2 Å². The molecular formula is C20H22N2O5. The van der Waals surface area contributed by atoms with Crippen molar-refractivity contribution in [2.75, 3.05) is 11.9 Å². The molecule has 3 amide bonds. The fraction of sp³-hybridized carbons (Fsp3) is 0.400. The summed E-state index contributed by atoms with van der Waals surface area (Å²) < 4.78 is 5.11. The molecule has 0 aromatic heterocycles. The van der Waals surface area contributed by atoms with Crippen LogP contribution >= 0.6 is 0 Å². The molecule has 1 heterocycles. The van der Waals surface area contributed by atoms with Crippen LogP contribution in [0.4, 0.5) is 5.69 Å². The molecule has 3 atom stereocenters. The first kappa shape index (κ1) is 18.8. The maximum absolute atomic E-state index is 12.4. The van der Waals surface area contributed by atoms with Gasteiger partial charge >= 0.3 is 5.97 Å². The molecule has 0 spiro atoms. The van der Waals surface area contributed by atoms with Gasteiger partial charge in [-0.15, -0.1) is 0 Å². The fourth-order valence-electron chi connectivity index (χ4n) is 3.32. The Balaban J connectivity index is 1.54. The molecule has 0 saturated carbocycles. The zero-order valence-electron chi connectivity index (χ0n) is 15.3. The third-order valence-electron chi connectivity index (χ3n) is 4.88. The first-order chi connectivity index (χ1) is 12.9. The number of amides is 3. The molecule has 3 rings (SSSR count). The maximum Gasteiger partial charge on any atom is 0.326 e. The highest BCUT2D eigenvalue weighted by Gasteiger charge is 2.47. The molecule has 1 saturated heterocycles. The van der Waals surface area contributed by atoms with E-state index in [9.17, 15) is 19.2 Å². The predicted octanol–water partition coefficient (Wildman–Crippen LogP) is 1.82. The van der Waals surface area contributed by atoms with Gasteiger partial charge in [0.05, 0.1) is 11.8 Å². The highest BCUT2D eigenvalue weighted by atomic mass is 16.5. The Hall–Kier alpha value is -2.96. The van der Waals surface area contributed by atoms with Crippen LogP contribution in [0.5, 0.6) is 0 Å². The molecule has 1 aliphatic carbocycles. The van der Waals surface area contributed by atoms with Gasteiger partial charge in [0.1, 0.15) is 6.54 Å². The predicted molar refractivity (Wildman–Crippen MR) is 97.4 cm³/mol. The number of ether oxygens (including phenoxy) is 1. The molecule has 1 aromatic rings. The highest BCUT2D eigenvalue weighted by Crippen LogP contribution is 2.34. The minimum Gasteiger partial charge on any atom is -0.451 e. The van der Waals surface area contributed by atoms with Crippen molar-refractivity contribution in [1.82, 2.24) is 4.90 Å². The fourth-order valence-corrected chi connectivity index (χ4v) is 3.32. The summed E-state index contributed by atoms with van der Waals surface area (Å²) in [5.74, 6) is -2.74. The summed E-state index contributed by atoms with van der Waals surface area (Å²) in [5, 5.41) is 2.65. The molecule has 1 N–H and O–H groups in total. The van der Waals surface area contributed by atoms with Crippen LogP contribution in [0.2, 0.25) is 0 Å². The van der Waals surface area contributed by atoms with Crippen LogP contribution in [0.15, 0.2) is 36.4 Å². The lowest BCUT2D eigenvalue weighted by Gasteiger charge is -2.17. The number of likely N-dealkylation sites (tertiary alicyclic amines) is 1. The minimum atomic E-state index is -1.05. The third kappa shape index (κ3) is 4.07. The van der Waals surface area contributed by atoms with Crippen LogP contribution in [0.25, 0.3) is 0 Å². The van der Waals surface area contributed by atoms with Crippen molar-refractivity contribution < 1.29 is 23.9 Å². The van der Waals surface area contributed by atoms with Crippen molar-refractivity contribution in [2.45, 2.75) is 32.8 Å². The number of nitrogens with one attached hydrogen (secondary N) is 1. The van der Waals surface area contributed by atoms with Crippen molar-refractivity contribution in [3.63, 3.8) is 0 Å². The van der Waals surface area contributed by atoms with Crippen molar-refractivity contribution in [1.29, 1.82) is 0 Å². The first-order valence-electron chi connectivity index (χ1n) is 8.94. The molecule has 0 radical (unpaired) electrons. The Bertz CT molecular complexity index is 773. The first-order valence-corrected chi connectivity index (χ1v) is 8.94. The Kier molecular flexibility index (Phi) is 5.39. The highest BCUT2D eigenvalue weighted by molar-refractivity contribution is 6.07. The van der Waals surface area contributed by atoms with E-state index >= 15 is 0 Å². The zero-order valence-corrected chi connectivity index (χ0v) is 15.3. The number of carbonyl (C=O) groups excluding carboxylic acids is 4. The number of hydrogen-bond acceptors (Lipinski definition) is 5. The van der Waals surface area contributed by atoms with E-state index in [1.54, 1.807) is 12.1 Å². The van der Waals surface area contributed by atoms with Gasteiger partial charge in [0.15, 0.2) is 6.10 Å². The third-order valence-corrected chi connectivity index (χ3v) is 4.88. The van der Waals surface area contributed by atoms with E-state index in [0.717, 1.165) is 10.5 Å². The lowest BCUT2D eigenvalue weighted by Crippen LogP contribution is -2.39. The Labute approximate surface area is 157 Å². The SMILES string of the molecule is Cc1ccc(NC(=O)[C@H](C)OC(=O)CN2C(=O)[C@H]3CC=CC[C@H]3C2=O)cc1. The van der Waals surface area contributed by atoms with Crippen molar-refractivity contribution in [2.24, 2.45) is 11.8 Å². The molecule has 27 heavy (non-hydrogen) atoms. The van der Waals surface area contributed by atoms with Gasteiger partial charge in [0.25, 0.3) is 5.91 Å². The molecule has 0 unspecified atom stereocenters. The summed E-state index contributed by atoms with van der Waals surface area (Å²) in [6.45, 7) is 2.91. The standard InChI is InChI=1S/C20H22N2O5/c1-12-7-9-14(10-8-12)21-18(24)13(2)27-17(23)11-22-19(25)15-5-3-4-6-16(15)20(22)26/h3-4,7-10,13,15-16H,5-6,11H2,1-2H3,(H,21,24)/t13-,15-,16+/m0/s1. The van der Waals surface area contributed by atoms with Crippen LogP contribution in [0, 0.1) is 18.8 Å². The molecule has 7 nitrogen and oxygen atoms in total. The largest absolute Gasteiger partial charge is 0.451 e. The van der Waals surface area contributed by atoms with Crippen LogP contribution in [-0.2, 0) is 23.9 Å². The molecule has 142 valence electrons. The van der Waals surface area contributed by atoms with Gasteiger partial charge in [-0.25, -0.2) is 0 Å². The monoisotopic (exact) mass is 370 g/mol. The van der Waals surface area contributed by atoms with Gasteiger partial charge < -0.3 is 10.1 Å². The van der Waals surface area contributed by atoms with E-state index in [2.05, 4.69) is 5.32 Å². The molecule has 1 aromatic carbocycles. The summed E-state index contributed by atoms with van der Waals surface area (Å²) in [5.41, 5.74) is 1.65. The quantitative estimate of drug-likeness (QED) is 0.485. The summed E-state index contributed by atoms with van der Waals surface area (Å²) in [4.78, 5) is 50.0. The number of aryl methyl sites for hydroxylation is 1. The number of anilines is 1. The second-order valence-electron chi connectivity index (χ2n) is 6.91. The van der Waals surface area contributed by atoms with E-state index in [1.165, 1.54) is 6.92 Å². The van der Waals surface area contributed by atoms with Crippen LogP contribution in [0.1, 0.15) is 25.3 Å². The van der Waals surface area contributed by atoms with E-state index in [-0.39, 0.29) is 11.8 Å². The number of imide groups is 1. The molecular weight excluding hydrogens is 348 g/mol. The van der Waals surface area contributed by atoms with Gasteiger partial charge in [-0.3, -0.25) is 24.1 Å². The molecule has 1 aliphatic heterocycles. The molecule has 7 heteroatoms. The number of carbonyl (C=O) groups is 4. The van der Waals surface area contributed by atoms with E-state index < -0.39 is 36.4 Å². The summed E-state index contributed by atoms with van der Waals surface area (Å²) in [7, 11) is 0. The van der Waals surface area contributed by atoms with Gasteiger partial charge in [-0.1, -0.05) is 29.8 Å². The smallest absolute Gasteiger partial charge is 0.326 e. The minimum absolute atomic E-state index is 0.344. The van der Waals surface area contributed by atoms with Crippen LogP contribution in [0.3, 0.4) is 0 Å². The molecule has 0 bridgehead atoms. The summed E-state index contributed by atoms with van der Waals surface area (Å²) in [6.07, 6.45) is 3.74. The second kappa shape index (κ2) is 7.73. The van der Waals surface area contributed by atoms with Gasteiger partial charge in [0.2, 0.25) is 11.8 Å². The topological polar surface area (TPSA) is 92.8 Å². The summed E-state index contributed by atoms with van der Waals surface area (Å²) >= 11 is 0. The van der Waals surface area contributed by atoms with Crippen LogP contribution < -0.4 is 5.32 Å². The van der Waals surface area contributed by atoms with Crippen molar-refractivity contribution in [3.8, 4) is 0 Å². The lowest BCUT2D eigenvalue weighted by atomic mass is 9.85. The molecule has 1 fully saturated rings. The summed E-state index contributed by atoms with van der Waals surface area (Å²) in [6, 6.07) is 7.20. The number of rotatable bonds is 5. The lowest BCUT2D eigenvalue weighted by molar-refractivity contribution is -0.158. The van der Waals surface area contributed by atoms with Gasteiger partial charge in [-0.05, 0) is 38.8 Å². The Morgan fingerprint density at radius 3 is 2.22 bits per heavy atom. The number of esters is 1. The maximum atomic E-state index is 12.4. The van der Waals surface area contributed by atoms with Gasteiger partial charge in [0, 0.05) is 5.69 Å². The number of benzene rings is 1. The van der Waals surface area contributed by atoms with Gasteiger partial charge in [-0.2, -0.15) is 0 Å². The Morgan fingerprint density at radius 1 is 1.11 bits per heavy atom. The number of fused-ring (bicyclic) bond motifs is 1. The second-order valence-corrected chi connectivity index (χ2v) is 6.91.